The number of amides is 9. The lowest BCUT2D eigenvalue weighted by atomic mass is 10.0. The molecule has 5 rings (SSSR count). The average molecular weight is 1120 g/mol. The van der Waals surface area contributed by atoms with Crippen LogP contribution in [0, 0.1) is 0 Å². The first-order valence-corrected chi connectivity index (χ1v) is 25.9. The number of phenolic OH excluding ortho intramolecular Hbond substituents is 1. The maximum atomic E-state index is 14.3. The van der Waals surface area contributed by atoms with Crippen molar-refractivity contribution in [1.82, 2.24) is 42.1 Å². The number of likely N-dealkylation sites (tertiary alicyclic amines) is 1. The highest BCUT2D eigenvalue weighted by Crippen LogP contribution is 2.20. The van der Waals surface area contributed by atoms with Crippen molar-refractivity contribution in [3.05, 3.63) is 138 Å². The summed E-state index contributed by atoms with van der Waals surface area (Å²) in [5.74, 6) is -9.46. The van der Waals surface area contributed by atoms with Crippen molar-refractivity contribution in [2.45, 2.75) is 114 Å². The molecule has 1 heterocycles. The zero-order chi connectivity index (χ0) is 59.6. The number of primary amides is 1. The van der Waals surface area contributed by atoms with Gasteiger partial charge in [-0.3, -0.25) is 47.9 Å². The molecule has 81 heavy (non-hydrogen) atoms. The summed E-state index contributed by atoms with van der Waals surface area (Å²) < 4.78 is 0. The predicted molar refractivity (Wildman–Crippen MR) is 292 cm³/mol. The van der Waals surface area contributed by atoms with E-state index in [1.807, 2.05) is 0 Å². The van der Waals surface area contributed by atoms with Gasteiger partial charge in [0.05, 0.1) is 19.2 Å². The summed E-state index contributed by atoms with van der Waals surface area (Å²) in [4.78, 5) is 144. The summed E-state index contributed by atoms with van der Waals surface area (Å²) in [6, 6.07) is 21.5. The molecule has 1 aliphatic heterocycles. The summed E-state index contributed by atoms with van der Waals surface area (Å²) in [7, 11) is 0. The fraction of sp³-hybridized carbons (Fsp3) is 0.375. The Bertz CT molecular complexity index is 2790. The smallest absolute Gasteiger partial charge is 0.328 e. The number of carbonyl (C=O) groups is 11. The van der Waals surface area contributed by atoms with Crippen molar-refractivity contribution in [2.75, 3.05) is 19.7 Å². The van der Waals surface area contributed by atoms with E-state index < -0.39 is 127 Å². The topological polar surface area (TPSA) is 408 Å². The number of aromatic hydroxyl groups is 1. The Hall–Kier alpha value is -9.23. The molecule has 0 aliphatic carbocycles. The van der Waals surface area contributed by atoms with Crippen LogP contribution in [0.5, 0.6) is 5.75 Å². The molecule has 434 valence electrons. The van der Waals surface area contributed by atoms with Crippen LogP contribution in [0.15, 0.2) is 115 Å². The van der Waals surface area contributed by atoms with Crippen LogP contribution in [0.3, 0.4) is 0 Å². The van der Waals surface area contributed by atoms with Crippen molar-refractivity contribution >= 4 is 65.1 Å². The molecule has 0 spiro atoms. The largest absolute Gasteiger partial charge is 0.508 e. The molecule has 1 fully saturated rings. The lowest BCUT2D eigenvalue weighted by molar-refractivity contribution is -0.143. The predicted octanol–water partition coefficient (Wildman–Crippen LogP) is -1.54. The van der Waals surface area contributed by atoms with Gasteiger partial charge in [0.15, 0.2) is 0 Å². The molecule has 25 heteroatoms. The van der Waals surface area contributed by atoms with E-state index in [0.717, 1.165) is 12.5 Å². The minimum Gasteiger partial charge on any atom is -0.508 e. The number of benzene rings is 4. The van der Waals surface area contributed by atoms with Gasteiger partial charge in [-0.1, -0.05) is 103 Å². The van der Waals surface area contributed by atoms with Crippen LogP contribution < -0.4 is 48.7 Å². The lowest BCUT2D eigenvalue weighted by Crippen LogP contribution is -2.59. The Kier molecular flexibility index (Phi) is 25.9. The number of hydrogen-bond acceptors (Lipinski definition) is 14. The molecule has 4 aromatic rings. The Morgan fingerprint density at radius 2 is 1.02 bits per heavy atom. The number of nitrogens with zero attached hydrogens (tertiary/aromatic N) is 1. The molecule has 1 saturated heterocycles. The van der Waals surface area contributed by atoms with Gasteiger partial charge in [-0.05, 0) is 67.0 Å². The van der Waals surface area contributed by atoms with Gasteiger partial charge in [0.2, 0.25) is 53.2 Å². The van der Waals surface area contributed by atoms with Crippen molar-refractivity contribution in [1.29, 1.82) is 0 Å². The minimum atomic E-state index is -1.67. The van der Waals surface area contributed by atoms with Crippen LogP contribution in [0.4, 0.5) is 0 Å². The SMILES string of the molecule is CC(=O)O.CC(NC(=O)C(Cc1ccccc1)NC(=O)C(CCC(N)=O)NC(=O)CNC(=O)C1CCCN1C(=O)C(Cc1ccccc1)NC(=O)C(N)Cc1ccc(O)cc1)C(=O)NC(Cc1ccccc1)C(=O)NC(CO)C(=O)O. The van der Waals surface area contributed by atoms with Gasteiger partial charge in [-0.2, -0.15) is 0 Å². The van der Waals surface area contributed by atoms with E-state index in [2.05, 4.69) is 37.2 Å². The molecule has 8 atom stereocenters. The highest BCUT2D eigenvalue weighted by atomic mass is 16.4. The summed E-state index contributed by atoms with van der Waals surface area (Å²) in [5.41, 5.74) is 14.2. The molecule has 0 bridgehead atoms. The highest BCUT2D eigenvalue weighted by molar-refractivity contribution is 5.98. The number of carboxylic acids is 2. The van der Waals surface area contributed by atoms with Crippen LogP contribution in [0.2, 0.25) is 0 Å². The number of carbonyl (C=O) groups excluding carboxylic acids is 9. The second-order valence-corrected chi connectivity index (χ2v) is 19.1. The van der Waals surface area contributed by atoms with Gasteiger partial charge in [-0.25, -0.2) is 4.79 Å². The third-order valence-corrected chi connectivity index (χ3v) is 12.6. The standard InChI is InChI=1S/C54H66N10O13.C2H4O2/c1-32(47(69)60-41(28-34-14-7-3-8-15-34)51(73)63-43(31-65)54(76)77)58-50(72)40(27-33-12-5-2-6-13-33)61-49(71)39(23-24-45(56)67)59-46(68)30-57-52(74)44-18-11-25-64(44)53(75)42(29-35-16-9-4-10-17-35)62-48(70)38(55)26-36-19-21-37(66)22-20-36;1-2(3)4/h2-10,12-17,19-22,32,38-44,65-66H,11,18,23-31,55H2,1H3,(H2,56,67)(H,57,74)(H,58,72)(H,59,68)(H,60,69)(H,61,71)(H,62,70)(H,63,73)(H,76,77);1H3,(H,3,4). The van der Waals surface area contributed by atoms with Crippen molar-refractivity contribution in [3.63, 3.8) is 0 Å². The Morgan fingerprint density at radius 1 is 0.580 bits per heavy atom. The summed E-state index contributed by atoms with van der Waals surface area (Å²) >= 11 is 0. The van der Waals surface area contributed by atoms with Crippen LogP contribution in [0.1, 0.15) is 61.8 Å². The molecular formula is C56H70N10O15. The number of nitrogens with one attached hydrogen (secondary N) is 7. The van der Waals surface area contributed by atoms with Crippen molar-refractivity contribution in [2.24, 2.45) is 11.5 Å². The molecule has 4 aromatic carbocycles. The summed E-state index contributed by atoms with van der Waals surface area (Å²) in [6.45, 7) is 0.940. The molecule has 15 N–H and O–H groups in total. The lowest BCUT2D eigenvalue weighted by Gasteiger charge is -2.29. The molecule has 8 unspecified atom stereocenters. The Morgan fingerprint density at radius 3 is 1.52 bits per heavy atom. The average Bonchev–Trinajstić information content (AvgIpc) is 3.98. The van der Waals surface area contributed by atoms with E-state index in [4.69, 9.17) is 21.4 Å². The maximum absolute atomic E-state index is 14.3. The third-order valence-electron chi connectivity index (χ3n) is 12.6. The van der Waals surface area contributed by atoms with Gasteiger partial charge in [0.1, 0.15) is 48.0 Å². The van der Waals surface area contributed by atoms with Crippen LogP contribution >= 0.6 is 0 Å². The third kappa shape index (κ3) is 22.2. The molecule has 1 aliphatic rings. The zero-order valence-electron chi connectivity index (χ0n) is 44.7. The number of aliphatic carboxylic acids is 2. The molecule has 25 nitrogen and oxygen atoms in total. The van der Waals surface area contributed by atoms with Gasteiger partial charge in [-0.15, -0.1) is 0 Å². The molecule has 9 amide bonds. The molecule has 0 radical (unpaired) electrons. The van der Waals surface area contributed by atoms with Gasteiger partial charge in [0, 0.05) is 39.2 Å². The van der Waals surface area contributed by atoms with Crippen LogP contribution in [0.25, 0.3) is 0 Å². The van der Waals surface area contributed by atoms with Crippen LogP contribution in [-0.2, 0) is 78.4 Å². The van der Waals surface area contributed by atoms with E-state index in [1.165, 1.54) is 24.0 Å². The molecule has 0 saturated carbocycles. The number of aliphatic hydroxyl groups is 1. The van der Waals surface area contributed by atoms with E-state index in [0.29, 0.717) is 23.1 Å². The first-order valence-electron chi connectivity index (χ1n) is 25.9. The van der Waals surface area contributed by atoms with E-state index in [1.54, 1.807) is 103 Å². The van der Waals surface area contributed by atoms with Crippen molar-refractivity contribution < 1.29 is 73.2 Å². The fourth-order valence-electron chi connectivity index (χ4n) is 8.42. The van der Waals surface area contributed by atoms with E-state index in [9.17, 15) is 63.3 Å². The van der Waals surface area contributed by atoms with Crippen LogP contribution in [-0.4, -0.2) is 158 Å². The highest BCUT2D eigenvalue weighted by Gasteiger charge is 2.39. The monoisotopic (exact) mass is 1120 g/mol. The second kappa shape index (κ2) is 32.6. The zero-order valence-corrected chi connectivity index (χ0v) is 44.7. The first kappa shape index (κ1) is 64.3. The van der Waals surface area contributed by atoms with Gasteiger partial charge >= 0.3 is 5.97 Å². The normalized spacial score (nSPS) is 15.2. The first-order chi connectivity index (χ1) is 38.5. The Balaban J connectivity index is 0.00000341. The fourth-order valence-corrected chi connectivity index (χ4v) is 8.42. The van der Waals surface area contributed by atoms with Gasteiger partial charge in [0.25, 0.3) is 5.97 Å². The van der Waals surface area contributed by atoms with E-state index >= 15 is 0 Å². The number of hydrogen-bond donors (Lipinski definition) is 13. The number of aliphatic hydroxyl groups excluding tert-OH is 1. The molecular weight excluding hydrogens is 1050 g/mol. The second-order valence-electron chi connectivity index (χ2n) is 19.1. The number of carboxylic acid groups (broad SMARTS) is 2. The van der Waals surface area contributed by atoms with E-state index in [-0.39, 0.29) is 57.2 Å². The summed E-state index contributed by atoms with van der Waals surface area (Å²) in [5, 5.41) is 53.6. The number of nitrogens with two attached hydrogens (primary N) is 2. The van der Waals surface area contributed by atoms with Crippen molar-refractivity contribution in [3.8, 4) is 5.75 Å². The quantitative estimate of drug-likeness (QED) is 0.0307. The summed E-state index contributed by atoms with van der Waals surface area (Å²) in [6.07, 6.45) is -0.117. The van der Waals surface area contributed by atoms with Gasteiger partial charge < -0.3 is 74.0 Å². The minimum absolute atomic E-state index is 0.0434. The maximum Gasteiger partial charge on any atom is 0.328 e. The number of rotatable bonds is 28. The number of phenols is 1. The molecule has 0 aromatic heterocycles. The Labute approximate surface area is 467 Å².